The van der Waals surface area contributed by atoms with Crippen molar-refractivity contribution in [3.05, 3.63) is 34.9 Å². The van der Waals surface area contributed by atoms with Crippen molar-refractivity contribution in [3.63, 3.8) is 0 Å². The molecule has 0 aliphatic rings. The molecular formula is C15H18BrN3O2. The standard InChI is InChI=1S/C15H18BrN3O2/c1-10(9-21-2)19-14(20)8-17-13-5-3-4-11-6-12(16)7-18-15(11)13/h3-7,10,17H,8-9H2,1-2H3,(H,19,20). The van der Waals surface area contributed by atoms with Gasteiger partial charge in [-0.2, -0.15) is 0 Å². The SMILES string of the molecule is COCC(C)NC(=O)CNc1cccc2cc(Br)cnc12. The molecule has 2 N–H and O–H groups in total. The number of rotatable bonds is 6. The number of pyridine rings is 1. The number of carbonyl (C=O) groups excluding carboxylic acids is 1. The molecule has 112 valence electrons. The number of nitrogens with one attached hydrogen (secondary N) is 2. The number of hydrogen-bond acceptors (Lipinski definition) is 4. The van der Waals surface area contributed by atoms with Crippen LogP contribution in [-0.2, 0) is 9.53 Å². The van der Waals surface area contributed by atoms with Crippen LogP contribution in [0.4, 0.5) is 5.69 Å². The summed E-state index contributed by atoms with van der Waals surface area (Å²) in [7, 11) is 1.61. The molecule has 0 saturated carbocycles. The van der Waals surface area contributed by atoms with Gasteiger partial charge in [0.05, 0.1) is 24.4 Å². The molecule has 1 atom stereocenters. The molecule has 1 unspecified atom stereocenters. The van der Waals surface area contributed by atoms with Gasteiger partial charge in [-0.25, -0.2) is 0 Å². The van der Waals surface area contributed by atoms with E-state index in [2.05, 4.69) is 31.5 Å². The van der Waals surface area contributed by atoms with E-state index in [9.17, 15) is 4.79 Å². The summed E-state index contributed by atoms with van der Waals surface area (Å²) in [6.07, 6.45) is 1.74. The number of aromatic nitrogens is 1. The third-order valence-corrected chi connectivity index (χ3v) is 3.37. The number of halogens is 1. The highest BCUT2D eigenvalue weighted by atomic mass is 79.9. The Morgan fingerprint density at radius 2 is 2.29 bits per heavy atom. The summed E-state index contributed by atoms with van der Waals surface area (Å²) < 4.78 is 5.92. The lowest BCUT2D eigenvalue weighted by Gasteiger charge is -2.14. The Morgan fingerprint density at radius 3 is 3.05 bits per heavy atom. The van der Waals surface area contributed by atoms with E-state index in [0.29, 0.717) is 6.61 Å². The van der Waals surface area contributed by atoms with E-state index in [0.717, 1.165) is 21.1 Å². The van der Waals surface area contributed by atoms with Crippen LogP contribution in [0.2, 0.25) is 0 Å². The Balaban J connectivity index is 2.02. The topological polar surface area (TPSA) is 63.2 Å². The van der Waals surface area contributed by atoms with E-state index < -0.39 is 0 Å². The van der Waals surface area contributed by atoms with Gasteiger partial charge in [-0.3, -0.25) is 9.78 Å². The van der Waals surface area contributed by atoms with Gasteiger partial charge in [-0.05, 0) is 35.0 Å². The Hall–Kier alpha value is -1.66. The average molecular weight is 352 g/mol. The Morgan fingerprint density at radius 1 is 1.48 bits per heavy atom. The number of para-hydroxylation sites is 1. The van der Waals surface area contributed by atoms with E-state index in [-0.39, 0.29) is 18.5 Å². The van der Waals surface area contributed by atoms with E-state index in [1.54, 1.807) is 13.3 Å². The quantitative estimate of drug-likeness (QED) is 0.839. The maximum absolute atomic E-state index is 11.8. The summed E-state index contributed by atoms with van der Waals surface area (Å²) in [4.78, 5) is 16.2. The van der Waals surface area contributed by atoms with Crippen LogP contribution < -0.4 is 10.6 Å². The van der Waals surface area contributed by atoms with Crippen molar-refractivity contribution >= 4 is 38.4 Å². The fourth-order valence-electron chi connectivity index (χ4n) is 2.07. The number of benzene rings is 1. The summed E-state index contributed by atoms with van der Waals surface area (Å²) in [6, 6.07) is 7.82. The zero-order valence-electron chi connectivity index (χ0n) is 12.0. The summed E-state index contributed by atoms with van der Waals surface area (Å²) in [5, 5.41) is 6.99. The minimum Gasteiger partial charge on any atom is -0.383 e. The lowest BCUT2D eigenvalue weighted by Crippen LogP contribution is -2.39. The fourth-order valence-corrected chi connectivity index (χ4v) is 2.42. The van der Waals surface area contributed by atoms with Crippen molar-refractivity contribution in [2.75, 3.05) is 25.6 Å². The maximum Gasteiger partial charge on any atom is 0.239 e. The molecule has 2 rings (SSSR count). The number of fused-ring (bicyclic) bond motifs is 1. The fraction of sp³-hybridized carbons (Fsp3) is 0.333. The van der Waals surface area contributed by atoms with Crippen LogP contribution in [-0.4, -0.2) is 37.2 Å². The largest absolute Gasteiger partial charge is 0.383 e. The number of hydrogen-bond donors (Lipinski definition) is 2. The number of ether oxygens (including phenoxy) is 1. The Kier molecular flexibility index (Phi) is 5.52. The molecule has 0 saturated heterocycles. The van der Waals surface area contributed by atoms with Crippen LogP contribution in [0.3, 0.4) is 0 Å². The van der Waals surface area contributed by atoms with Crippen molar-refractivity contribution in [2.45, 2.75) is 13.0 Å². The molecular weight excluding hydrogens is 334 g/mol. The van der Waals surface area contributed by atoms with Gasteiger partial charge < -0.3 is 15.4 Å². The highest BCUT2D eigenvalue weighted by Gasteiger charge is 2.08. The monoisotopic (exact) mass is 351 g/mol. The second kappa shape index (κ2) is 7.38. The number of amides is 1. The first-order valence-electron chi connectivity index (χ1n) is 6.66. The summed E-state index contributed by atoms with van der Waals surface area (Å²) in [6.45, 7) is 2.60. The zero-order valence-corrected chi connectivity index (χ0v) is 13.6. The lowest BCUT2D eigenvalue weighted by molar-refractivity contribution is -0.120. The highest BCUT2D eigenvalue weighted by Crippen LogP contribution is 2.23. The number of anilines is 1. The number of nitrogens with zero attached hydrogens (tertiary/aromatic N) is 1. The molecule has 1 heterocycles. The van der Waals surface area contributed by atoms with Gasteiger partial charge in [0.1, 0.15) is 0 Å². The minimum absolute atomic E-state index is 0.00843. The first-order valence-corrected chi connectivity index (χ1v) is 7.46. The third-order valence-electron chi connectivity index (χ3n) is 2.94. The predicted octanol–water partition coefficient (Wildman–Crippen LogP) is 2.56. The van der Waals surface area contributed by atoms with Crippen LogP contribution in [0.25, 0.3) is 10.9 Å². The maximum atomic E-state index is 11.8. The van der Waals surface area contributed by atoms with E-state index in [1.165, 1.54) is 0 Å². The van der Waals surface area contributed by atoms with Crippen molar-refractivity contribution in [3.8, 4) is 0 Å². The van der Waals surface area contributed by atoms with E-state index in [4.69, 9.17) is 4.74 Å². The molecule has 0 spiro atoms. The van der Waals surface area contributed by atoms with Gasteiger partial charge >= 0.3 is 0 Å². The van der Waals surface area contributed by atoms with Gasteiger partial charge in [0.2, 0.25) is 5.91 Å². The second-order valence-electron chi connectivity index (χ2n) is 4.81. The highest BCUT2D eigenvalue weighted by molar-refractivity contribution is 9.10. The van der Waals surface area contributed by atoms with Gasteiger partial charge in [0.15, 0.2) is 0 Å². The minimum atomic E-state index is -0.0753. The van der Waals surface area contributed by atoms with Gasteiger partial charge in [0, 0.05) is 29.2 Å². The van der Waals surface area contributed by atoms with Crippen LogP contribution in [0.1, 0.15) is 6.92 Å². The van der Waals surface area contributed by atoms with Crippen molar-refractivity contribution in [1.29, 1.82) is 0 Å². The molecule has 0 radical (unpaired) electrons. The Bertz CT molecular complexity index is 633. The first kappa shape index (κ1) is 15.7. The van der Waals surface area contributed by atoms with E-state index >= 15 is 0 Å². The predicted molar refractivity (Wildman–Crippen MR) is 87.4 cm³/mol. The molecule has 1 amide bonds. The summed E-state index contributed by atoms with van der Waals surface area (Å²) >= 11 is 3.40. The molecule has 0 aliphatic heterocycles. The molecule has 6 heteroatoms. The lowest BCUT2D eigenvalue weighted by atomic mass is 10.2. The Labute approximate surface area is 132 Å². The molecule has 2 aromatic rings. The van der Waals surface area contributed by atoms with Crippen LogP contribution >= 0.6 is 15.9 Å². The van der Waals surface area contributed by atoms with Crippen molar-refractivity contribution < 1.29 is 9.53 Å². The molecule has 0 bridgehead atoms. The molecule has 21 heavy (non-hydrogen) atoms. The van der Waals surface area contributed by atoms with Gasteiger partial charge in [-0.15, -0.1) is 0 Å². The van der Waals surface area contributed by atoms with Crippen LogP contribution in [0, 0.1) is 0 Å². The third kappa shape index (κ3) is 4.41. The summed E-state index contributed by atoms with van der Waals surface area (Å²) in [5.41, 5.74) is 1.69. The van der Waals surface area contributed by atoms with Crippen molar-refractivity contribution in [1.82, 2.24) is 10.3 Å². The smallest absolute Gasteiger partial charge is 0.239 e. The van der Waals surface area contributed by atoms with Crippen molar-refractivity contribution in [2.24, 2.45) is 0 Å². The normalized spacial score (nSPS) is 12.1. The van der Waals surface area contributed by atoms with Gasteiger partial charge in [-0.1, -0.05) is 12.1 Å². The zero-order chi connectivity index (χ0) is 15.2. The van der Waals surface area contributed by atoms with E-state index in [1.807, 2.05) is 31.2 Å². The van der Waals surface area contributed by atoms with Gasteiger partial charge in [0.25, 0.3) is 0 Å². The van der Waals surface area contributed by atoms with Crippen LogP contribution in [0.15, 0.2) is 34.9 Å². The molecule has 5 nitrogen and oxygen atoms in total. The molecule has 0 aliphatic carbocycles. The summed E-state index contributed by atoms with van der Waals surface area (Å²) in [5.74, 6) is -0.0753. The molecule has 1 aromatic carbocycles. The van der Waals surface area contributed by atoms with Crippen LogP contribution in [0.5, 0.6) is 0 Å². The first-order chi connectivity index (χ1) is 10.1. The number of carbonyl (C=O) groups is 1. The number of methoxy groups -OCH3 is 1. The second-order valence-corrected chi connectivity index (χ2v) is 5.72. The molecule has 1 aromatic heterocycles. The average Bonchev–Trinajstić information content (AvgIpc) is 2.44. The molecule has 0 fully saturated rings.